The molecule has 23 heavy (non-hydrogen) atoms. The van der Waals surface area contributed by atoms with Crippen LogP contribution in [0.25, 0.3) is 0 Å². The van der Waals surface area contributed by atoms with Gasteiger partial charge in [0.15, 0.2) is 0 Å². The molecular weight excluding hydrogens is 306 g/mol. The van der Waals surface area contributed by atoms with Gasteiger partial charge in [0.05, 0.1) is 11.3 Å². The third kappa shape index (κ3) is 2.78. The average molecular weight is 327 g/mol. The Kier molecular flexibility index (Phi) is 3.89. The van der Waals surface area contributed by atoms with Crippen LogP contribution >= 0.6 is 11.8 Å². The molecule has 120 valence electrons. The summed E-state index contributed by atoms with van der Waals surface area (Å²) < 4.78 is 2.22. The van der Waals surface area contributed by atoms with E-state index in [4.69, 9.17) is 0 Å². The van der Waals surface area contributed by atoms with E-state index in [9.17, 15) is 4.79 Å². The molecule has 4 nitrogen and oxygen atoms in total. The predicted molar refractivity (Wildman–Crippen MR) is 91.6 cm³/mol. The molecule has 0 spiro atoms. The maximum atomic E-state index is 12.9. The quantitative estimate of drug-likeness (QED) is 0.851. The normalized spacial score (nSPS) is 23.8. The number of rotatable bonds is 2. The molecule has 2 aliphatic heterocycles. The van der Waals surface area contributed by atoms with Crippen LogP contribution in [0.15, 0.2) is 41.6 Å². The zero-order valence-electron chi connectivity index (χ0n) is 13.3. The number of carbonyl (C=O) groups is 1. The van der Waals surface area contributed by atoms with Crippen molar-refractivity contribution >= 4 is 17.7 Å². The number of likely N-dealkylation sites (tertiary alicyclic amines) is 1. The second-order valence-corrected chi connectivity index (χ2v) is 7.62. The van der Waals surface area contributed by atoms with Crippen LogP contribution in [0.3, 0.4) is 0 Å². The standard InChI is InChI=1S/C18H21N3OS/c1-13-19-8-10-21(13)15-6-4-9-20(12-15)18(22)17-11-14-5-2-3-7-16(14)23-17/h2-3,5,7-8,10,15,17H,4,6,9,11-12H2,1H3/t15-,17+/m0/s1. The summed E-state index contributed by atoms with van der Waals surface area (Å²) in [6, 6.07) is 8.75. The summed E-state index contributed by atoms with van der Waals surface area (Å²) in [5, 5.41) is 0.0510. The molecule has 4 rings (SSSR count). The number of thioether (sulfide) groups is 1. The first-order valence-corrected chi connectivity index (χ1v) is 9.13. The third-order valence-corrected chi connectivity index (χ3v) is 6.19. The molecule has 0 unspecified atom stereocenters. The SMILES string of the molecule is Cc1nccn1[C@H]1CCCN(C(=O)[C@H]2Cc3ccccc3S2)C1. The molecular formula is C18H21N3OS. The molecule has 2 aromatic rings. The minimum Gasteiger partial charge on any atom is -0.340 e. The fraction of sp³-hybridized carbons (Fsp3) is 0.444. The number of hydrogen-bond acceptors (Lipinski definition) is 3. The zero-order valence-corrected chi connectivity index (χ0v) is 14.1. The number of amides is 1. The molecule has 1 amide bonds. The van der Waals surface area contributed by atoms with Gasteiger partial charge in [0, 0.05) is 30.4 Å². The van der Waals surface area contributed by atoms with Crippen molar-refractivity contribution in [1.82, 2.24) is 14.5 Å². The van der Waals surface area contributed by atoms with Crippen LogP contribution in [0.2, 0.25) is 0 Å². The summed E-state index contributed by atoms with van der Waals surface area (Å²) in [6.07, 6.45) is 6.94. The van der Waals surface area contributed by atoms with Crippen molar-refractivity contribution < 1.29 is 4.79 Å². The summed E-state index contributed by atoms with van der Waals surface area (Å²) >= 11 is 1.73. The summed E-state index contributed by atoms with van der Waals surface area (Å²) in [5.41, 5.74) is 1.31. The fourth-order valence-electron chi connectivity index (χ4n) is 3.68. The van der Waals surface area contributed by atoms with Gasteiger partial charge in [-0.15, -0.1) is 11.8 Å². The lowest BCUT2D eigenvalue weighted by Crippen LogP contribution is -2.44. The van der Waals surface area contributed by atoms with Crippen molar-refractivity contribution in [3.8, 4) is 0 Å². The third-order valence-electron chi connectivity index (χ3n) is 4.89. The lowest BCUT2D eigenvalue weighted by molar-refractivity contribution is -0.132. The highest BCUT2D eigenvalue weighted by Gasteiger charge is 2.34. The first kappa shape index (κ1) is 14.8. The summed E-state index contributed by atoms with van der Waals surface area (Å²) in [4.78, 5) is 20.6. The van der Waals surface area contributed by atoms with Crippen LogP contribution in [0, 0.1) is 6.92 Å². The van der Waals surface area contributed by atoms with Crippen molar-refractivity contribution in [3.63, 3.8) is 0 Å². The topological polar surface area (TPSA) is 38.1 Å². The molecule has 1 saturated heterocycles. The first-order valence-electron chi connectivity index (χ1n) is 8.25. The predicted octanol–water partition coefficient (Wildman–Crippen LogP) is 3.07. The van der Waals surface area contributed by atoms with Gasteiger partial charge in [0.25, 0.3) is 0 Å². The number of hydrogen-bond donors (Lipinski definition) is 0. The molecule has 2 aliphatic rings. The molecule has 3 heterocycles. The largest absolute Gasteiger partial charge is 0.340 e. The van der Waals surface area contributed by atoms with Gasteiger partial charge in [-0.05, 0) is 37.8 Å². The van der Waals surface area contributed by atoms with E-state index in [1.54, 1.807) is 11.8 Å². The van der Waals surface area contributed by atoms with Crippen molar-refractivity contribution in [1.29, 1.82) is 0 Å². The number of nitrogens with zero attached hydrogens (tertiary/aromatic N) is 3. The number of fused-ring (bicyclic) bond motifs is 1. The number of carbonyl (C=O) groups excluding carboxylic acids is 1. The van der Waals surface area contributed by atoms with E-state index >= 15 is 0 Å². The van der Waals surface area contributed by atoms with Crippen LogP contribution in [-0.2, 0) is 11.2 Å². The molecule has 1 aromatic carbocycles. The Labute approximate surface area is 140 Å². The first-order chi connectivity index (χ1) is 11.2. The average Bonchev–Trinajstić information content (AvgIpc) is 3.20. The molecule has 5 heteroatoms. The zero-order chi connectivity index (χ0) is 15.8. The minimum absolute atomic E-state index is 0.0510. The van der Waals surface area contributed by atoms with Gasteiger partial charge in [-0.2, -0.15) is 0 Å². The van der Waals surface area contributed by atoms with Gasteiger partial charge >= 0.3 is 0 Å². The van der Waals surface area contributed by atoms with E-state index in [1.165, 1.54) is 10.5 Å². The highest BCUT2D eigenvalue weighted by atomic mass is 32.2. The number of aryl methyl sites for hydroxylation is 1. The number of piperidine rings is 1. The molecule has 0 radical (unpaired) electrons. The Morgan fingerprint density at radius 3 is 3.00 bits per heavy atom. The molecule has 1 fully saturated rings. The van der Waals surface area contributed by atoms with Crippen LogP contribution < -0.4 is 0 Å². The number of aromatic nitrogens is 2. The van der Waals surface area contributed by atoms with Crippen molar-refractivity contribution in [2.45, 2.75) is 42.4 Å². The second-order valence-electron chi connectivity index (χ2n) is 6.38. The minimum atomic E-state index is 0.0510. The summed E-state index contributed by atoms with van der Waals surface area (Å²) in [7, 11) is 0. The summed E-state index contributed by atoms with van der Waals surface area (Å²) in [6.45, 7) is 3.73. The van der Waals surface area contributed by atoms with Crippen molar-refractivity contribution in [2.75, 3.05) is 13.1 Å². The molecule has 0 saturated carbocycles. The van der Waals surface area contributed by atoms with Crippen LogP contribution in [0.5, 0.6) is 0 Å². The lowest BCUT2D eigenvalue weighted by Gasteiger charge is -2.35. The van der Waals surface area contributed by atoms with E-state index in [-0.39, 0.29) is 5.25 Å². The van der Waals surface area contributed by atoms with Gasteiger partial charge in [-0.25, -0.2) is 4.98 Å². The molecule has 0 bridgehead atoms. The molecule has 1 aromatic heterocycles. The van der Waals surface area contributed by atoms with Gasteiger partial charge in [0.1, 0.15) is 5.82 Å². The molecule has 2 atom stereocenters. The van der Waals surface area contributed by atoms with Gasteiger partial charge < -0.3 is 9.47 Å². The van der Waals surface area contributed by atoms with E-state index in [0.717, 1.165) is 38.2 Å². The van der Waals surface area contributed by atoms with E-state index < -0.39 is 0 Å². The number of imidazole rings is 1. The highest BCUT2D eigenvalue weighted by Crippen LogP contribution is 2.38. The van der Waals surface area contributed by atoms with E-state index in [0.29, 0.717) is 11.9 Å². The Morgan fingerprint density at radius 1 is 1.35 bits per heavy atom. The second kappa shape index (κ2) is 6.04. The number of benzene rings is 1. The maximum absolute atomic E-state index is 12.9. The van der Waals surface area contributed by atoms with Gasteiger partial charge in [0.2, 0.25) is 5.91 Å². The van der Waals surface area contributed by atoms with Crippen molar-refractivity contribution in [2.24, 2.45) is 0 Å². The Bertz CT molecular complexity index is 702. The van der Waals surface area contributed by atoms with Gasteiger partial charge in [-0.3, -0.25) is 4.79 Å². The van der Waals surface area contributed by atoms with Gasteiger partial charge in [-0.1, -0.05) is 18.2 Å². The fourth-order valence-corrected chi connectivity index (χ4v) is 4.96. The van der Waals surface area contributed by atoms with E-state index in [1.807, 2.05) is 19.3 Å². The Hall–Kier alpha value is -1.75. The lowest BCUT2D eigenvalue weighted by atomic mass is 10.0. The van der Waals surface area contributed by atoms with E-state index in [2.05, 4.69) is 38.7 Å². The summed E-state index contributed by atoms with van der Waals surface area (Å²) in [5.74, 6) is 1.33. The van der Waals surface area contributed by atoms with Crippen LogP contribution in [0.4, 0.5) is 0 Å². The van der Waals surface area contributed by atoms with Crippen LogP contribution in [0.1, 0.15) is 30.3 Å². The molecule has 0 N–H and O–H groups in total. The maximum Gasteiger partial charge on any atom is 0.236 e. The highest BCUT2D eigenvalue weighted by molar-refractivity contribution is 8.01. The molecule has 0 aliphatic carbocycles. The smallest absolute Gasteiger partial charge is 0.236 e. The van der Waals surface area contributed by atoms with Crippen LogP contribution in [-0.4, -0.2) is 38.7 Å². The Balaban J connectivity index is 1.46. The Morgan fingerprint density at radius 2 is 2.22 bits per heavy atom. The monoisotopic (exact) mass is 327 g/mol. The van der Waals surface area contributed by atoms with Crippen molar-refractivity contribution in [3.05, 3.63) is 48.0 Å².